The second kappa shape index (κ2) is 4.43. The summed E-state index contributed by atoms with van der Waals surface area (Å²) in [5.41, 5.74) is 2.40. The van der Waals surface area contributed by atoms with Gasteiger partial charge in [0.25, 0.3) is 0 Å². The van der Waals surface area contributed by atoms with Crippen molar-refractivity contribution >= 4 is 51.6 Å². The number of hydrogen-bond acceptors (Lipinski definition) is 3. The molecule has 0 aliphatic carbocycles. The molecule has 2 rings (SSSR count). The largest absolute Gasteiger partial charge is 0.331 e. The van der Waals surface area contributed by atoms with Gasteiger partial charge in [0, 0.05) is 4.91 Å². The highest BCUT2D eigenvalue weighted by molar-refractivity contribution is 8.27. The Morgan fingerprint density at radius 2 is 2.13 bits per heavy atom. The fraction of sp³-hybridized carbons (Fsp3) is 0.0909. The Hall–Kier alpha value is -0.710. The second-order valence-corrected chi connectivity index (χ2v) is 5.39. The molecule has 0 spiro atoms. The fourth-order valence-corrected chi connectivity index (χ4v) is 2.81. The molecule has 1 fully saturated rings. The fourth-order valence-electron chi connectivity index (χ4n) is 1.33. The lowest BCUT2D eigenvalue weighted by Gasteiger charge is -1.97. The predicted octanol–water partition coefficient (Wildman–Crippen LogP) is 3.28. The number of rotatable bonds is 1. The monoisotopic (exact) mass is 251 g/mol. The summed E-state index contributed by atoms with van der Waals surface area (Å²) in [6, 6.07) is 8.29. The molecule has 1 heterocycles. The van der Waals surface area contributed by atoms with Crippen LogP contribution in [0.5, 0.6) is 0 Å². The van der Waals surface area contributed by atoms with E-state index in [0.717, 1.165) is 19.8 Å². The molecule has 1 aliphatic rings. The molecule has 0 aromatic heterocycles. The first-order valence-electron chi connectivity index (χ1n) is 4.47. The summed E-state index contributed by atoms with van der Waals surface area (Å²) in [5.74, 6) is 0. The van der Waals surface area contributed by atoms with E-state index in [-0.39, 0.29) is 0 Å². The molecular formula is C11H9NS3. The number of aryl methyl sites for hydroxylation is 1. The smallest absolute Gasteiger partial charge is 0.143 e. The zero-order valence-electron chi connectivity index (χ0n) is 8.11. The molecule has 1 aromatic rings. The molecule has 15 heavy (non-hydrogen) atoms. The van der Waals surface area contributed by atoms with Crippen LogP contribution in [0.15, 0.2) is 29.2 Å². The standard InChI is InChI=1S/C11H9NS3/c1-7-3-2-4-8(5-7)6-9-10(13)12-11(14)15-9/h2-6H,1H3,(H,12,13,14). The zero-order valence-corrected chi connectivity index (χ0v) is 10.6. The summed E-state index contributed by atoms with van der Waals surface area (Å²) in [5, 5.41) is 2.96. The maximum absolute atomic E-state index is 5.16. The Kier molecular flexibility index (Phi) is 3.19. The summed E-state index contributed by atoms with van der Waals surface area (Å²) < 4.78 is 0.735. The third-order valence-corrected chi connectivity index (χ3v) is 3.61. The average Bonchev–Trinajstić information content (AvgIpc) is 2.45. The molecule has 0 radical (unpaired) electrons. The van der Waals surface area contributed by atoms with Crippen molar-refractivity contribution in [2.24, 2.45) is 0 Å². The van der Waals surface area contributed by atoms with Crippen molar-refractivity contribution < 1.29 is 0 Å². The molecule has 0 unspecified atom stereocenters. The van der Waals surface area contributed by atoms with Gasteiger partial charge in [-0.2, -0.15) is 0 Å². The molecule has 4 heteroatoms. The Morgan fingerprint density at radius 3 is 2.73 bits per heavy atom. The Balaban J connectivity index is 2.31. The first-order chi connectivity index (χ1) is 7.15. The number of hydrogen-bond donors (Lipinski definition) is 1. The zero-order chi connectivity index (χ0) is 10.8. The molecule has 0 saturated carbocycles. The summed E-state index contributed by atoms with van der Waals surface area (Å²) in [4.78, 5) is 1.76. The van der Waals surface area contributed by atoms with Crippen molar-refractivity contribution in [2.45, 2.75) is 6.92 Å². The molecule has 1 nitrogen and oxygen atoms in total. The van der Waals surface area contributed by atoms with Gasteiger partial charge in [0.2, 0.25) is 0 Å². The molecule has 1 N–H and O–H groups in total. The van der Waals surface area contributed by atoms with E-state index in [1.807, 2.05) is 6.07 Å². The van der Waals surface area contributed by atoms with E-state index < -0.39 is 0 Å². The van der Waals surface area contributed by atoms with Crippen LogP contribution in [0.2, 0.25) is 0 Å². The van der Waals surface area contributed by atoms with Crippen LogP contribution in [0, 0.1) is 6.92 Å². The quantitative estimate of drug-likeness (QED) is 0.607. The number of nitrogens with one attached hydrogen (secondary N) is 1. The van der Waals surface area contributed by atoms with Crippen molar-refractivity contribution in [3.63, 3.8) is 0 Å². The molecule has 0 bridgehead atoms. The van der Waals surface area contributed by atoms with Crippen LogP contribution in [-0.2, 0) is 0 Å². The van der Waals surface area contributed by atoms with E-state index in [1.54, 1.807) is 0 Å². The van der Waals surface area contributed by atoms with Gasteiger partial charge in [-0.15, -0.1) is 0 Å². The van der Waals surface area contributed by atoms with E-state index in [2.05, 4.69) is 36.5 Å². The average molecular weight is 251 g/mol. The summed E-state index contributed by atoms with van der Waals surface area (Å²) in [6.45, 7) is 2.07. The molecule has 1 saturated heterocycles. The van der Waals surface area contributed by atoms with Crippen molar-refractivity contribution in [1.29, 1.82) is 0 Å². The number of thioether (sulfide) groups is 1. The molecular weight excluding hydrogens is 242 g/mol. The van der Waals surface area contributed by atoms with Crippen molar-refractivity contribution in [3.8, 4) is 0 Å². The normalized spacial score (nSPS) is 18.3. The van der Waals surface area contributed by atoms with Gasteiger partial charge in [0.05, 0.1) is 0 Å². The summed E-state index contributed by atoms with van der Waals surface area (Å²) >= 11 is 11.7. The minimum absolute atomic E-state index is 0.728. The first kappa shape index (κ1) is 10.8. The van der Waals surface area contributed by atoms with E-state index in [4.69, 9.17) is 24.4 Å². The highest BCUT2D eigenvalue weighted by Gasteiger charge is 2.17. The van der Waals surface area contributed by atoms with Gasteiger partial charge >= 0.3 is 0 Å². The summed E-state index contributed by atoms with van der Waals surface area (Å²) in [7, 11) is 0. The molecule has 1 aromatic carbocycles. The van der Waals surface area contributed by atoms with Crippen molar-refractivity contribution in [3.05, 3.63) is 40.3 Å². The second-order valence-electron chi connectivity index (χ2n) is 3.27. The highest BCUT2D eigenvalue weighted by Crippen LogP contribution is 2.26. The van der Waals surface area contributed by atoms with Crippen molar-refractivity contribution in [1.82, 2.24) is 5.32 Å². The Labute approximate surface area is 104 Å². The van der Waals surface area contributed by atoms with Crippen LogP contribution in [0.4, 0.5) is 0 Å². The van der Waals surface area contributed by atoms with E-state index >= 15 is 0 Å². The lowest BCUT2D eigenvalue weighted by Crippen LogP contribution is -2.15. The maximum atomic E-state index is 5.16. The number of thiocarbonyl (C=S) groups is 2. The van der Waals surface area contributed by atoms with Crippen LogP contribution in [0.3, 0.4) is 0 Å². The molecule has 0 atom stereocenters. The van der Waals surface area contributed by atoms with Crippen LogP contribution in [0.1, 0.15) is 11.1 Å². The van der Waals surface area contributed by atoms with Gasteiger partial charge in [0.1, 0.15) is 9.31 Å². The van der Waals surface area contributed by atoms with Crippen LogP contribution >= 0.6 is 36.2 Å². The van der Waals surface area contributed by atoms with Crippen LogP contribution < -0.4 is 5.32 Å². The summed E-state index contributed by atoms with van der Waals surface area (Å²) in [6.07, 6.45) is 2.06. The number of benzene rings is 1. The Morgan fingerprint density at radius 1 is 1.33 bits per heavy atom. The molecule has 76 valence electrons. The van der Waals surface area contributed by atoms with Gasteiger partial charge in [-0.05, 0) is 18.6 Å². The van der Waals surface area contributed by atoms with Crippen LogP contribution in [0.25, 0.3) is 6.08 Å². The molecule has 0 amide bonds. The SMILES string of the molecule is Cc1cccc(C=C2SC(=S)NC2=S)c1. The van der Waals surface area contributed by atoms with E-state index in [9.17, 15) is 0 Å². The minimum Gasteiger partial charge on any atom is -0.331 e. The van der Waals surface area contributed by atoms with Crippen molar-refractivity contribution in [2.75, 3.05) is 0 Å². The van der Waals surface area contributed by atoms with Gasteiger partial charge in [-0.3, -0.25) is 0 Å². The first-order valence-corrected chi connectivity index (χ1v) is 6.10. The topological polar surface area (TPSA) is 12.0 Å². The van der Waals surface area contributed by atoms with Gasteiger partial charge in [-0.25, -0.2) is 0 Å². The molecule has 1 aliphatic heterocycles. The van der Waals surface area contributed by atoms with Gasteiger partial charge < -0.3 is 5.32 Å². The lowest BCUT2D eigenvalue weighted by molar-refractivity contribution is 1.46. The van der Waals surface area contributed by atoms with Crippen LogP contribution in [-0.4, -0.2) is 9.31 Å². The van der Waals surface area contributed by atoms with E-state index in [0.29, 0.717) is 0 Å². The maximum Gasteiger partial charge on any atom is 0.143 e. The van der Waals surface area contributed by atoms with E-state index in [1.165, 1.54) is 17.3 Å². The minimum atomic E-state index is 0.728. The third kappa shape index (κ3) is 2.65. The lowest BCUT2D eigenvalue weighted by atomic mass is 10.1. The van der Waals surface area contributed by atoms with Gasteiger partial charge in [-0.1, -0.05) is 66.0 Å². The Bertz CT molecular complexity index is 463. The third-order valence-electron chi connectivity index (χ3n) is 1.98. The van der Waals surface area contributed by atoms with Gasteiger partial charge in [0.15, 0.2) is 0 Å². The highest BCUT2D eigenvalue weighted by atomic mass is 32.2. The predicted molar refractivity (Wildman–Crippen MR) is 75.1 cm³/mol.